The summed E-state index contributed by atoms with van der Waals surface area (Å²) >= 11 is 1.90. The first-order chi connectivity index (χ1) is 7.80. The molecule has 1 rings (SSSR count). The van der Waals surface area contributed by atoms with Crippen molar-refractivity contribution in [3.8, 4) is 0 Å². The van der Waals surface area contributed by atoms with Crippen LogP contribution in [0.25, 0.3) is 0 Å². The first-order valence-corrected chi connectivity index (χ1v) is 7.08. The van der Waals surface area contributed by atoms with Crippen LogP contribution in [0.2, 0.25) is 0 Å². The Hall–Kier alpha value is -0.770. The van der Waals surface area contributed by atoms with Crippen molar-refractivity contribution in [3.63, 3.8) is 0 Å². The highest BCUT2D eigenvalue weighted by Crippen LogP contribution is 2.14. The fourth-order valence-corrected chi connectivity index (χ4v) is 2.18. The Morgan fingerprint density at radius 1 is 1.25 bits per heavy atom. The van der Waals surface area contributed by atoms with E-state index in [0.29, 0.717) is 0 Å². The van der Waals surface area contributed by atoms with Crippen LogP contribution in [0.4, 0.5) is 5.82 Å². The van der Waals surface area contributed by atoms with Crippen LogP contribution in [-0.2, 0) is 12.2 Å². The Labute approximate surface area is 102 Å². The van der Waals surface area contributed by atoms with Gasteiger partial charge in [-0.25, -0.2) is 9.97 Å². The molecule has 0 atom stereocenters. The maximum atomic E-state index is 4.57. The van der Waals surface area contributed by atoms with Gasteiger partial charge >= 0.3 is 0 Å². The number of nitrogens with one attached hydrogen (secondary N) is 1. The topological polar surface area (TPSA) is 37.8 Å². The molecule has 0 fully saturated rings. The molecule has 1 aromatic heterocycles. The van der Waals surface area contributed by atoms with Crippen LogP contribution in [-0.4, -0.2) is 22.8 Å². The number of rotatable bonds is 7. The zero-order valence-corrected chi connectivity index (χ0v) is 11.2. The van der Waals surface area contributed by atoms with Crippen LogP contribution in [0, 0.1) is 0 Å². The van der Waals surface area contributed by atoms with Crippen LogP contribution in [0.5, 0.6) is 0 Å². The van der Waals surface area contributed by atoms with Crippen molar-refractivity contribution in [1.29, 1.82) is 0 Å². The number of thioether (sulfide) groups is 1. The van der Waals surface area contributed by atoms with Gasteiger partial charge in [0, 0.05) is 18.8 Å². The molecule has 16 heavy (non-hydrogen) atoms. The van der Waals surface area contributed by atoms with E-state index in [-0.39, 0.29) is 0 Å². The van der Waals surface area contributed by atoms with Gasteiger partial charge in [-0.15, -0.1) is 0 Å². The Morgan fingerprint density at radius 3 is 2.69 bits per heavy atom. The summed E-state index contributed by atoms with van der Waals surface area (Å²) in [5.74, 6) is 3.98. The molecule has 0 aliphatic rings. The maximum Gasteiger partial charge on any atom is 0.140 e. The number of anilines is 1. The lowest BCUT2D eigenvalue weighted by atomic mass is 10.2. The Kier molecular flexibility index (Phi) is 6.23. The standard InChI is InChI=1S/C12H21N3S/c1-4-6-10-8-11(13-3)15-12(14-10)9-16-7-5-2/h8H,4-7,9H2,1-3H3,(H,13,14,15). The van der Waals surface area contributed by atoms with Crippen LogP contribution in [0.15, 0.2) is 6.07 Å². The third kappa shape index (κ3) is 4.39. The molecule has 0 aromatic carbocycles. The van der Waals surface area contributed by atoms with E-state index in [9.17, 15) is 0 Å². The molecule has 0 unspecified atom stereocenters. The SMILES string of the molecule is CCCSCc1nc(CCC)cc(NC)n1. The van der Waals surface area contributed by atoms with Gasteiger partial charge in [-0.3, -0.25) is 0 Å². The fourth-order valence-electron chi connectivity index (χ4n) is 1.44. The van der Waals surface area contributed by atoms with Crippen molar-refractivity contribution in [3.05, 3.63) is 17.6 Å². The van der Waals surface area contributed by atoms with E-state index in [0.717, 1.165) is 35.9 Å². The van der Waals surface area contributed by atoms with Gasteiger partial charge in [-0.1, -0.05) is 20.3 Å². The summed E-state index contributed by atoms with van der Waals surface area (Å²) in [7, 11) is 1.90. The minimum absolute atomic E-state index is 0.917. The molecule has 1 N–H and O–H groups in total. The minimum Gasteiger partial charge on any atom is -0.373 e. The first kappa shape index (κ1) is 13.3. The van der Waals surface area contributed by atoms with Crippen molar-refractivity contribution >= 4 is 17.6 Å². The average molecular weight is 239 g/mol. The van der Waals surface area contributed by atoms with E-state index in [1.54, 1.807) is 0 Å². The van der Waals surface area contributed by atoms with E-state index >= 15 is 0 Å². The number of hydrogen-bond acceptors (Lipinski definition) is 4. The van der Waals surface area contributed by atoms with E-state index < -0.39 is 0 Å². The summed E-state index contributed by atoms with van der Waals surface area (Å²) in [6.07, 6.45) is 3.36. The van der Waals surface area contributed by atoms with Gasteiger partial charge in [0.2, 0.25) is 0 Å². The Balaban J connectivity index is 2.69. The van der Waals surface area contributed by atoms with Gasteiger partial charge in [0.1, 0.15) is 11.6 Å². The highest BCUT2D eigenvalue weighted by Gasteiger charge is 2.03. The molecule has 0 amide bonds. The van der Waals surface area contributed by atoms with E-state index in [4.69, 9.17) is 0 Å². The summed E-state index contributed by atoms with van der Waals surface area (Å²) in [6.45, 7) is 4.37. The second-order valence-corrected chi connectivity index (χ2v) is 4.82. The highest BCUT2D eigenvalue weighted by molar-refractivity contribution is 7.98. The van der Waals surface area contributed by atoms with Gasteiger partial charge in [0.25, 0.3) is 0 Å². The smallest absolute Gasteiger partial charge is 0.140 e. The number of hydrogen-bond donors (Lipinski definition) is 1. The molecule has 0 saturated heterocycles. The monoisotopic (exact) mass is 239 g/mol. The Morgan fingerprint density at radius 2 is 2.06 bits per heavy atom. The molecule has 0 radical (unpaired) electrons. The van der Waals surface area contributed by atoms with Crippen LogP contribution >= 0.6 is 11.8 Å². The van der Waals surface area contributed by atoms with Crippen molar-refractivity contribution in [2.45, 2.75) is 38.9 Å². The molecule has 1 heterocycles. The molecule has 0 spiro atoms. The molecular formula is C12H21N3S. The summed E-state index contributed by atoms with van der Waals surface area (Å²) < 4.78 is 0. The molecule has 0 aliphatic heterocycles. The second-order valence-electron chi connectivity index (χ2n) is 3.71. The molecule has 3 nitrogen and oxygen atoms in total. The fraction of sp³-hybridized carbons (Fsp3) is 0.667. The molecule has 90 valence electrons. The van der Waals surface area contributed by atoms with Crippen LogP contribution < -0.4 is 5.32 Å². The zero-order chi connectivity index (χ0) is 11.8. The normalized spacial score (nSPS) is 10.4. The van der Waals surface area contributed by atoms with E-state index in [2.05, 4.69) is 29.1 Å². The van der Waals surface area contributed by atoms with Crippen molar-refractivity contribution in [2.75, 3.05) is 18.1 Å². The zero-order valence-electron chi connectivity index (χ0n) is 10.4. The molecule has 1 aromatic rings. The Bertz CT molecular complexity index is 315. The van der Waals surface area contributed by atoms with Gasteiger partial charge in [-0.05, 0) is 18.6 Å². The van der Waals surface area contributed by atoms with Gasteiger partial charge in [-0.2, -0.15) is 11.8 Å². The minimum atomic E-state index is 0.917. The van der Waals surface area contributed by atoms with E-state index in [1.165, 1.54) is 12.2 Å². The predicted molar refractivity (Wildman–Crippen MR) is 72.0 cm³/mol. The molecule has 0 bridgehead atoms. The van der Waals surface area contributed by atoms with Crippen molar-refractivity contribution in [1.82, 2.24) is 9.97 Å². The lowest BCUT2D eigenvalue weighted by Gasteiger charge is -2.06. The van der Waals surface area contributed by atoms with Gasteiger partial charge < -0.3 is 5.32 Å². The quantitative estimate of drug-likeness (QED) is 0.742. The summed E-state index contributed by atoms with van der Waals surface area (Å²) in [4.78, 5) is 9.03. The average Bonchev–Trinajstić information content (AvgIpc) is 2.29. The van der Waals surface area contributed by atoms with E-state index in [1.807, 2.05) is 24.9 Å². The van der Waals surface area contributed by atoms with Crippen LogP contribution in [0.3, 0.4) is 0 Å². The van der Waals surface area contributed by atoms with Crippen molar-refractivity contribution in [2.24, 2.45) is 0 Å². The first-order valence-electron chi connectivity index (χ1n) is 5.92. The number of aromatic nitrogens is 2. The number of nitrogens with zero attached hydrogens (tertiary/aromatic N) is 2. The maximum absolute atomic E-state index is 4.57. The molecule has 0 saturated carbocycles. The summed E-state index contributed by atoms with van der Waals surface area (Å²) in [6, 6.07) is 2.04. The largest absolute Gasteiger partial charge is 0.373 e. The molecule has 0 aliphatic carbocycles. The molecular weight excluding hydrogens is 218 g/mol. The summed E-state index contributed by atoms with van der Waals surface area (Å²) in [5.41, 5.74) is 1.15. The van der Waals surface area contributed by atoms with Crippen LogP contribution in [0.1, 0.15) is 38.2 Å². The lowest BCUT2D eigenvalue weighted by molar-refractivity contribution is 0.854. The summed E-state index contributed by atoms with van der Waals surface area (Å²) in [5, 5.41) is 3.10. The lowest BCUT2D eigenvalue weighted by Crippen LogP contribution is -2.03. The highest BCUT2D eigenvalue weighted by atomic mass is 32.2. The number of aryl methyl sites for hydroxylation is 1. The van der Waals surface area contributed by atoms with Crippen molar-refractivity contribution < 1.29 is 0 Å². The third-order valence-electron chi connectivity index (χ3n) is 2.17. The second kappa shape index (κ2) is 7.49. The molecule has 4 heteroatoms. The third-order valence-corrected chi connectivity index (χ3v) is 3.33. The predicted octanol–water partition coefficient (Wildman–Crippen LogP) is 3.11. The van der Waals surface area contributed by atoms with Gasteiger partial charge in [0.05, 0.1) is 5.75 Å². The van der Waals surface area contributed by atoms with Gasteiger partial charge in [0.15, 0.2) is 0 Å².